The number of anilines is 1. The van der Waals surface area contributed by atoms with Gasteiger partial charge < -0.3 is 15.8 Å². The second kappa shape index (κ2) is 10.3. The van der Waals surface area contributed by atoms with Gasteiger partial charge in [0.1, 0.15) is 6.56 Å². The molecule has 6 nitrogen and oxygen atoms in total. The van der Waals surface area contributed by atoms with Crippen molar-refractivity contribution in [2.24, 2.45) is 5.73 Å². The quantitative estimate of drug-likeness (QED) is 0.385. The number of carbonyl (C=O) groups excluding carboxylic acids is 2. The monoisotopic (exact) mass is 457 g/mol. The van der Waals surface area contributed by atoms with E-state index in [2.05, 4.69) is 10.3 Å². The van der Waals surface area contributed by atoms with Crippen molar-refractivity contribution in [1.29, 1.82) is 0 Å². The number of benzene rings is 3. The van der Waals surface area contributed by atoms with Crippen LogP contribution in [0.3, 0.4) is 0 Å². The Hall–Kier alpha value is -4.03. The number of hydrogen-bond acceptors (Lipinski definition) is 5. The highest BCUT2D eigenvalue weighted by molar-refractivity contribution is 5.98. The van der Waals surface area contributed by atoms with Gasteiger partial charge in [-0.25, -0.2) is 4.79 Å². The van der Waals surface area contributed by atoms with Crippen LogP contribution in [0.5, 0.6) is 0 Å². The molecule has 172 valence electrons. The fourth-order valence-corrected chi connectivity index (χ4v) is 3.65. The molecule has 0 bridgehead atoms. The van der Waals surface area contributed by atoms with E-state index in [1.807, 2.05) is 13.0 Å². The van der Waals surface area contributed by atoms with Crippen LogP contribution in [0.1, 0.15) is 44.0 Å². The lowest BCUT2D eigenvalue weighted by molar-refractivity contribution is -0.117. The third-order valence-electron chi connectivity index (χ3n) is 5.44. The Bertz CT molecular complexity index is 1500. The predicted molar refractivity (Wildman–Crippen MR) is 134 cm³/mol. The van der Waals surface area contributed by atoms with E-state index in [-0.39, 0.29) is 16.7 Å². The Morgan fingerprint density at radius 2 is 1.82 bits per heavy atom. The average Bonchev–Trinajstić information content (AvgIpc) is 2.83. The van der Waals surface area contributed by atoms with E-state index in [1.165, 1.54) is 24.3 Å². The smallest absolute Gasteiger partial charge is 0.338 e. The number of aryl methyl sites for hydroxylation is 2. The number of aromatic nitrogens is 1. The first-order valence-corrected chi connectivity index (χ1v) is 10.7. The minimum Gasteiger partial charge on any atom is -0.457 e. The van der Waals surface area contributed by atoms with E-state index in [9.17, 15) is 9.59 Å². The third-order valence-corrected chi connectivity index (χ3v) is 5.44. The van der Waals surface area contributed by atoms with Gasteiger partial charge >= 0.3 is 5.97 Å². The number of amides is 1. The number of nitrogens with zero attached hydrogens (tertiary/aromatic N) is 1. The Labute approximate surface area is 204 Å². The van der Waals surface area contributed by atoms with Gasteiger partial charge in [-0.05, 0) is 60.2 Å². The predicted octanol–water partition coefficient (Wildman–Crippen LogP) is 4.89. The van der Waals surface area contributed by atoms with Crippen LogP contribution in [0.25, 0.3) is 10.8 Å². The number of rotatable bonds is 7. The number of esters is 1. The molecule has 4 rings (SSSR count). The summed E-state index contributed by atoms with van der Waals surface area (Å²) in [6.07, 6.45) is 3.33. The molecule has 1 aromatic heterocycles. The standard InChI is InChI=1S/C28H27N3O3/c1-18-3-10-25(19(2)13-18)28(33)34-17-20-4-6-21(7-5-20)26(15-29)27(32)31-24-9-8-23-16-30-12-11-22(23)14-24/h3-14,16,26H,15,17,29H2,1-2H3,(H,31,32)/t26-/m1/s1/i15D2,17D2. The average molecular weight is 458 g/mol. The van der Waals surface area contributed by atoms with Crippen molar-refractivity contribution >= 4 is 28.3 Å². The Morgan fingerprint density at radius 1 is 1.03 bits per heavy atom. The second-order valence-corrected chi connectivity index (χ2v) is 7.96. The first kappa shape index (κ1) is 18.4. The lowest BCUT2D eigenvalue weighted by Crippen LogP contribution is -2.27. The van der Waals surface area contributed by atoms with Gasteiger partial charge in [-0.3, -0.25) is 9.78 Å². The van der Waals surface area contributed by atoms with Crippen LogP contribution < -0.4 is 11.1 Å². The second-order valence-electron chi connectivity index (χ2n) is 7.96. The summed E-state index contributed by atoms with van der Waals surface area (Å²) in [5, 5.41) is 4.46. The van der Waals surface area contributed by atoms with Crippen LogP contribution in [0, 0.1) is 13.8 Å². The SMILES string of the molecule is [2H]C([2H])(OC(=O)c1ccc(C)cc1C)c1ccc([C@H](C(=O)Nc2ccc3cnccc3c2)C([2H])([2H])N)cc1. The molecule has 0 aliphatic heterocycles. The van der Waals surface area contributed by atoms with Crippen molar-refractivity contribution in [1.82, 2.24) is 4.98 Å². The van der Waals surface area contributed by atoms with Gasteiger partial charge in [0.25, 0.3) is 0 Å². The van der Waals surface area contributed by atoms with Gasteiger partial charge in [0.2, 0.25) is 5.91 Å². The van der Waals surface area contributed by atoms with E-state index in [4.69, 9.17) is 16.0 Å². The van der Waals surface area contributed by atoms with Crippen LogP contribution >= 0.6 is 0 Å². The zero-order valence-corrected chi connectivity index (χ0v) is 18.8. The summed E-state index contributed by atoms with van der Waals surface area (Å²) in [7, 11) is 0. The number of nitrogens with two attached hydrogens (primary N) is 1. The molecule has 0 radical (unpaired) electrons. The Kier molecular flexibility index (Phi) is 5.56. The van der Waals surface area contributed by atoms with Crippen molar-refractivity contribution in [2.45, 2.75) is 26.3 Å². The third kappa shape index (κ3) is 5.30. The van der Waals surface area contributed by atoms with Crippen LogP contribution in [-0.4, -0.2) is 23.4 Å². The van der Waals surface area contributed by atoms with Gasteiger partial charge in [0.05, 0.1) is 14.2 Å². The molecular weight excluding hydrogens is 426 g/mol. The molecule has 0 unspecified atom stereocenters. The molecule has 0 aliphatic rings. The number of fused-ring (bicyclic) bond motifs is 1. The Morgan fingerprint density at radius 3 is 2.56 bits per heavy atom. The highest BCUT2D eigenvalue weighted by atomic mass is 16.5. The molecule has 0 aliphatic carbocycles. The normalized spacial score (nSPS) is 14.3. The summed E-state index contributed by atoms with van der Waals surface area (Å²) < 4.78 is 37.9. The summed E-state index contributed by atoms with van der Waals surface area (Å²) in [5.41, 5.74) is 8.38. The number of nitrogens with one attached hydrogen (secondary N) is 1. The summed E-state index contributed by atoms with van der Waals surface area (Å²) in [5.74, 6) is -2.87. The highest BCUT2D eigenvalue weighted by Crippen LogP contribution is 2.22. The first-order chi connectivity index (χ1) is 17.8. The van der Waals surface area contributed by atoms with Gasteiger partial charge in [-0.1, -0.05) is 48.0 Å². The topological polar surface area (TPSA) is 94.3 Å². The molecule has 0 fully saturated rings. The summed E-state index contributed by atoms with van der Waals surface area (Å²) in [6.45, 7) is -1.25. The molecule has 3 aromatic carbocycles. The van der Waals surface area contributed by atoms with Gasteiger partial charge in [0.15, 0.2) is 0 Å². The fourth-order valence-electron chi connectivity index (χ4n) is 3.65. The van der Waals surface area contributed by atoms with Crippen LogP contribution in [0.15, 0.2) is 79.1 Å². The van der Waals surface area contributed by atoms with Crippen molar-refractivity contribution < 1.29 is 19.8 Å². The van der Waals surface area contributed by atoms with Crippen LogP contribution in [-0.2, 0) is 16.1 Å². The van der Waals surface area contributed by atoms with Gasteiger partial charge in [-0.15, -0.1) is 0 Å². The molecule has 1 amide bonds. The van der Waals surface area contributed by atoms with E-state index >= 15 is 0 Å². The molecule has 1 heterocycles. The lowest BCUT2D eigenvalue weighted by atomic mass is 9.97. The van der Waals surface area contributed by atoms with Gasteiger partial charge in [-0.2, -0.15) is 0 Å². The number of pyridine rings is 1. The molecule has 1 atom stereocenters. The number of hydrogen-bond donors (Lipinski definition) is 2. The molecule has 6 heteroatoms. The zero-order valence-electron chi connectivity index (χ0n) is 22.8. The largest absolute Gasteiger partial charge is 0.457 e. The summed E-state index contributed by atoms with van der Waals surface area (Å²) in [6, 6.07) is 17.7. The van der Waals surface area contributed by atoms with Crippen molar-refractivity contribution in [3.05, 3.63) is 107 Å². The van der Waals surface area contributed by atoms with Crippen LogP contribution in [0.2, 0.25) is 0 Å². The first-order valence-electron chi connectivity index (χ1n) is 12.7. The van der Waals surface area contributed by atoms with Crippen LogP contribution in [0.4, 0.5) is 5.69 Å². The van der Waals surface area contributed by atoms with Crippen molar-refractivity contribution in [3.63, 3.8) is 0 Å². The molecule has 4 aromatic rings. The maximum absolute atomic E-state index is 13.1. The molecule has 3 N–H and O–H groups in total. The maximum atomic E-state index is 13.1. The molecule has 0 saturated heterocycles. The van der Waals surface area contributed by atoms with Crippen molar-refractivity contribution in [2.75, 3.05) is 11.8 Å². The van der Waals surface area contributed by atoms with Gasteiger partial charge in [0, 0.05) is 32.7 Å². The van der Waals surface area contributed by atoms with E-state index in [1.54, 1.807) is 55.7 Å². The Balaban J connectivity index is 1.54. The van der Waals surface area contributed by atoms with E-state index in [0.29, 0.717) is 11.3 Å². The molecule has 0 saturated carbocycles. The molecule has 0 spiro atoms. The zero-order chi connectivity index (χ0) is 27.7. The lowest BCUT2D eigenvalue weighted by Gasteiger charge is -2.16. The van der Waals surface area contributed by atoms with E-state index < -0.39 is 30.9 Å². The van der Waals surface area contributed by atoms with Crippen molar-refractivity contribution in [3.8, 4) is 0 Å². The highest BCUT2D eigenvalue weighted by Gasteiger charge is 2.19. The number of ether oxygens (including phenoxy) is 1. The molecule has 34 heavy (non-hydrogen) atoms. The summed E-state index contributed by atoms with van der Waals surface area (Å²) in [4.78, 5) is 29.8. The minimum atomic E-state index is -2.47. The molecular formula is C28H27N3O3. The number of carbonyl (C=O) groups is 2. The van der Waals surface area contributed by atoms with E-state index in [0.717, 1.165) is 16.3 Å². The minimum absolute atomic E-state index is 0.0271. The summed E-state index contributed by atoms with van der Waals surface area (Å²) >= 11 is 0. The fraction of sp³-hybridized carbons (Fsp3) is 0.179. The maximum Gasteiger partial charge on any atom is 0.338 e.